The Morgan fingerprint density at radius 3 is 2.83 bits per heavy atom. The van der Waals surface area contributed by atoms with Gasteiger partial charge < -0.3 is 14.0 Å². The zero-order valence-electron chi connectivity index (χ0n) is 17.4. The Balaban J connectivity index is 1.24. The van der Waals surface area contributed by atoms with E-state index in [0.717, 1.165) is 57.1 Å². The Hall–Kier alpha value is -2.64. The smallest absolute Gasteiger partial charge is 0.253 e. The maximum atomic E-state index is 11.8. The molecule has 3 aromatic rings. The minimum atomic E-state index is -0.0117. The van der Waals surface area contributed by atoms with Crippen molar-refractivity contribution in [3.63, 3.8) is 0 Å². The fourth-order valence-electron chi connectivity index (χ4n) is 4.55. The quantitative estimate of drug-likeness (QED) is 0.650. The molecule has 2 aliphatic rings. The van der Waals surface area contributed by atoms with Crippen molar-refractivity contribution in [3.05, 3.63) is 58.9 Å². The molecule has 0 aliphatic carbocycles. The molecule has 0 amide bonds. The molecule has 2 saturated heterocycles. The lowest BCUT2D eigenvalue weighted by Crippen LogP contribution is -2.39. The molecule has 1 atom stereocenters. The molecule has 30 heavy (non-hydrogen) atoms. The fourth-order valence-corrected chi connectivity index (χ4v) is 4.55. The second-order valence-electron chi connectivity index (χ2n) is 8.28. The normalized spacial score (nSPS) is 20.8. The molecule has 0 bridgehead atoms. The molecule has 158 valence electrons. The van der Waals surface area contributed by atoms with Gasteiger partial charge in [0.1, 0.15) is 17.7 Å². The van der Waals surface area contributed by atoms with Gasteiger partial charge in [0.2, 0.25) is 0 Å². The highest BCUT2D eigenvalue weighted by Gasteiger charge is 2.23. The minimum absolute atomic E-state index is 0.0117. The van der Waals surface area contributed by atoms with Crippen LogP contribution in [0.3, 0.4) is 0 Å². The summed E-state index contributed by atoms with van der Waals surface area (Å²) in [7, 11) is 1.78. The first-order chi connectivity index (χ1) is 14.7. The summed E-state index contributed by atoms with van der Waals surface area (Å²) >= 11 is 0. The van der Waals surface area contributed by atoms with Crippen LogP contribution in [0.15, 0.2) is 47.5 Å². The predicted octanol–water partition coefficient (Wildman–Crippen LogP) is 2.74. The Morgan fingerprint density at radius 2 is 2.03 bits per heavy atom. The Bertz CT molecular complexity index is 1080. The summed E-state index contributed by atoms with van der Waals surface area (Å²) in [4.78, 5) is 18.5. The fraction of sp³-hybridized carbons (Fsp3) is 0.478. The molecule has 0 saturated carbocycles. The number of likely N-dealkylation sites (tertiary alicyclic amines) is 1. The summed E-state index contributed by atoms with van der Waals surface area (Å²) in [6, 6.07) is 10.4. The molecular weight excluding hydrogens is 380 g/mol. The lowest BCUT2D eigenvalue weighted by Gasteiger charge is -2.32. The van der Waals surface area contributed by atoms with E-state index in [9.17, 15) is 4.79 Å². The van der Waals surface area contributed by atoms with Gasteiger partial charge in [-0.15, -0.1) is 0 Å². The van der Waals surface area contributed by atoms with Crippen molar-refractivity contribution in [1.82, 2.24) is 19.0 Å². The molecule has 2 aliphatic heterocycles. The van der Waals surface area contributed by atoms with E-state index >= 15 is 0 Å². The number of hydrogen-bond donors (Lipinski definition) is 0. The van der Waals surface area contributed by atoms with Crippen LogP contribution in [0.2, 0.25) is 0 Å². The van der Waals surface area contributed by atoms with Gasteiger partial charge >= 0.3 is 0 Å². The third kappa shape index (κ3) is 3.75. The summed E-state index contributed by atoms with van der Waals surface area (Å²) in [5, 5.41) is 1.18. The molecule has 7 heteroatoms. The van der Waals surface area contributed by atoms with Gasteiger partial charge in [0, 0.05) is 50.6 Å². The van der Waals surface area contributed by atoms with Crippen molar-refractivity contribution in [3.8, 4) is 5.75 Å². The molecular formula is C23H28N4O3. The number of nitrogens with zero attached hydrogens (tertiary/aromatic N) is 4. The van der Waals surface area contributed by atoms with Crippen LogP contribution in [-0.2, 0) is 18.3 Å². The van der Waals surface area contributed by atoms with Crippen LogP contribution in [-0.4, -0.2) is 51.4 Å². The standard InChI is InChI=1S/C23H28N4O3/c1-25-22(24-10-5-23(25)28)15-26-11-6-18(7-12-26)30-21-4-2-3-20-19(21)8-13-27(20)17-9-14-29-16-17/h2-5,8,10,13,17-18H,6-7,9,11-12,14-16H2,1H3. The Morgan fingerprint density at radius 1 is 1.17 bits per heavy atom. The van der Waals surface area contributed by atoms with Crippen LogP contribution < -0.4 is 10.3 Å². The highest BCUT2D eigenvalue weighted by molar-refractivity contribution is 5.86. The van der Waals surface area contributed by atoms with Crippen LogP contribution in [0.1, 0.15) is 31.1 Å². The Kier molecular flexibility index (Phi) is 5.31. The van der Waals surface area contributed by atoms with Gasteiger partial charge in [0.25, 0.3) is 5.56 Å². The third-order valence-electron chi connectivity index (χ3n) is 6.37. The number of piperidine rings is 1. The molecule has 7 nitrogen and oxygen atoms in total. The minimum Gasteiger partial charge on any atom is -0.490 e. The van der Waals surface area contributed by atoms with Gasteiger partial charge in [-0.1, -0.05) is 6.07 Å². The van der Waals surface area contributed by atoms with E-state index in [1.807, 2.05) is 0 Å². The van der Waals surface area contributed by atoms with Gasteiger partial charge in [-0.25, -0.2) is 4.98 Å². The SMILES string of the molecule is Cn1c(CN2CCC(Oc3cccc4c3ccn4C3CCOC3)CC2)nccc1=O. The van der Waals surface area contributed by atoms with Crippen LogP contribution in [0.5, 0.6) is 5.75 Å². The molecule has 4 heterocycles. The number of aromatic nitrogens is 3. The molecule has 0 radical (unpaired) electrons. The topological polar surface area (TPSA) is 61.5 Å². The first kappa shape index (κ1) is 19.3. The maximum Gasteiger partial charge on any atom is 0.253 e. The predicted molar refractivity (Wildman–Crippen MR) is 115 cm³/mol. The second-order valence-corrected chi connectivity index (χ2v) is 8.28. The molecule has 2 aromatic heterocycles. The maximum absolute atomic E-state index is 11.8. The number of ether oxygens (including phenoxy) is 2. The van der Waals surface area contributed by atoms with Crippen LogP contribution in [0.25, 0.3) is 10.9 Å². The lowest BCUT2D eigenvalue weighted by atomic mass is 10.1. The molecule has 0 spiro atoms. The van der Waals surface area contributed by atoms with Crippen LogP contribution in [0, 0.1) is 0 Å². The first-order valence-corrected chi connectivity index (χ1v) is 10.8. The van der Waals surface area contributed by atoms with Crippen molar-refractivity contribution in [1.29, 1.82) is 0 Å². The summed E-state index contributed by atoms with van der Waals surface area (Å²) in [6.45, 7) is 4.19. The zero-order valence-corrected chi connectivity index (χ0v) is 17.4. The van der Waals surface area contributed by atoms with Crippen molar-refractivity contribution in [2.75, 3.05) is 26.3 Å². The van der Waals surface area contributed by atoms with Gasteiger partial charge in [0.15, 0.2) is 0 Å². The summed E-state index contributed by atoms with van der Waals surface area (Å²) < 4.78 is 16.0. The van der Waals surface area contributed by atoms with Gasteiger partial charge in [-0.2, -0.15) is 0 Å². The van der Waals surface area contributed by atoms with Crippen LogP contribution in [0.4, 0.5) is 0 Å². The first-order valence-electron chi connectivity index (χ1n) is 10.8. The van der Waals surface area contributed by atoms with E-state index in [1.165, 1.54) is 17.0 Å². The average Bonchev–Trinajstić information content (AvgIpc) is 3.43. The Labute approximate surface area is 175 Å². The molecule has 0 N–H and O–H groups in total. The highest BCUT2D eigenvalue weighted by Crippen LogP contribution is 2.32. The van der Waals surface area contributed by atoms with Crippen molar-refractivity contribution < 1.29 is 9.47 Å². The second kappa shape index (κ2) is 8.24. The van der Waals surface area contributed by atoms with E-state index in [-0.39, 0.29) is 11.7 Å². The van der Waals surface area contributed by atoms with E-state index in [2.05, 4.69) is 44.9 Å². The van der Waals surface area contributed by atoms with Crippen molar-refractivity contribution >= 4 is 10.9 Å². The molecule has 2 fully saturated rings. The van der Waals surface area contributed by atoms with E-state index in [4.69, 9.17) is 9.47 Å². The van der Waals surface area contributed by atoms with E-state index in [0.29, 0.717) is 12.6 Å². The van der Waals surface area contributed by atoms with Crippen molar-refractivity contribution in [2.45, 2.75) is 38.0 Å². The lowest BCUT2D eigenvalue weighted by molar-refractivity contribution is 0.0957. The van der Waals surface area contributed by atoms with Gasteiger partial charge in [-0.3, -0.25) is 14.3 Å². The average molecular weight is 409 g/mol. The number of benzene rings is 1. The molecule has 1 aromatic carbocycles. The largest absolute Gasteiger partial charge is 0.490 e. The monoisotopic (exact) mass is 408 g/mol. The molecule has 1 unspecified atom stereocenters. The zero-order chi connectivity index (χ0) is 20.5. The summed E-state index contributed by atoms with van der Waals surface area (Å²) in [6.07, 6.45) is 6.96. The summed E-state index contributed by atoms with van der Waals surface area (Å²) in [5.74, 6) is 1.78. The van der Waals surface area contributed by atoms with Gasteiger partial charge in [0.05, 0.1) is 24.7 Å². The summed E-state index contributed by atoms with van der Waals surface area (Å²) in [5.41, 5.74) is 1.21. The third-order valence-corrected chi connectivity index (χ3v) is 6.37. The highest BCUT2D eigenvalue weighted by atomic mass is 16.5. The van der Waals surface area contributed by atoms with E-state index in [1.54, 1.807) is 17.8 Å². The van der Waals surface area contributed by atoms with Gasteiger partial charge in [-0.05, 0) is 37.5 Å². The van der Waals surface area contributed by atoms with Crippen LogP contribution >= 0.6 is 0 Å². The molecule has 5 rings (SSSR count). The number of hydrogen-bond acceptors (Lipinski definition) is 5. The van der Waals surface area contributed by atoms with Crippen molar-refractivity contribution in [2.24, 2.45) is 7.05 Å². The number of fused-ring (bicyclic) bond motifs is 1. The van der Waals surface area contributed by atoms with E-state index < -0.39 is 0 Å². The number of rotatable bonds is 5.